The van der Waals surface area contributed by atoms with Gasteiger partial charge in [0.2, 0.25) is 0 Å². The average molecular weight is 377 g/mol. The second-order valence-corrected chi connectivity index (χ2v) is 6.32. The molecule has 3 aromatic carbocycles. The van der Waals surface area contributed by atoms with E-state index in [0.717, 1.165) is 5.56 Å². The smallest absolute Gasteiger partial charge is 0.321 e. The van der Waals surface area contributed by atoms with E-state index in [0.29, 0.717) is 23.5 Å². The summed E-state index contributed by atoms with van der Waals surface area (Å²) >= 11 is 0. The molecule has 3 amide bonds. The Hall–Kier alpha value is -3.67. The van der Waals surface area contributed by atoms with Crippen LogP contribution in [-0.2, 0) is 6.54 Å². The van der Waals surface area contributed by atoms with Crippen LogP contribution < -0.4 is 10.6 Å². The van der Waals surface area contributed by atoms with Crippen molar-refractivity contribution >= 4 is 23.3 Å². The summed E-state index contributed by atoms with van der Waals surface area (Å²) in [6.45, 7) is 0.465. The van der Waals surface area contributed by atoms with E-state index >= 15 is 0 Å². The minimum atomic E-state index is -0.430. The second kappa shape index (κ2) is 8.81. The second-order valence-electron chi connectivity index (χ2n) is 6.32. The minimum Gasteiger partial charge on any atom is -0.323 e. The number of urea groups is 1. The van der Waals surface area contributed by atoms with Crippen molar-refractivity contribution in [2.45, 2.75) is 6.54 Å². The van der Waals surface area contributed by atoms with Crippen molar-refractivity contribution in [3.05, 3.63) is 95.8 Å². The molecule has 0 unspecified atom stereocenters. The molecule has 28 heavy (non-hydrogen) atoms. The van der Waals surface area contributed by atoms with Gasteiger partial charge in [0, 0.05) is 30.5 Å². The maximum Gasteiger partial charge on any atom is 0.321 e. The zero-order chi connectivity index (χ0) is 19.9. The molecule has 0 saturated carbocycles. The maximum atomic E-state index is 13.3. The first-order chi connectivity index (χ1) is 13.5. The number of rotatable bonds is 5. The van der Waals surface area contributed by atoms with Crippen LogP contribution in [0.15, 0.2) is 78.9 Å². The molecule has 0 heterocycles. The van der Waals surface area contributed by atoms with Gasteiger partial charge in [0.15, 0.2) is 0 Å². The van der Waals surface area contributed by atoms with Gasteiger partial charge >= 0.3 is 6.03 Å². The Bertz CT molecular complexity index is 976. The number of halogens is 1. The summed E-state index contributed by atoms with van der Waals surface area (Å²) in [4.78, 5) is 26.3. The molecule has 0 aliphatic heterocycles. The standard InChI is InChI=1S/C22H20FN3O2/c1-26(15-16-7-3-2-4-8-16)22(28)25-19-11-5-9-17(13-19)21(27)24-20-12-6-10-18(23)14-20/h2-14H,15H2,1H3,(H,24,27)(H,25,28). The van der Waals surface area contributed by atoms with E-state index in [9.17, 15) is 14.0 Å². The fourth-order valence-electron chi connectivity index (χ4n) is 2.66. The molecule has 2 N–H and O–H groups in total. The van der Waals surface area contributed by atoms with Crippen molar-refractivity contribution in [1.29, 1.82) is 0 Å². The number of hydrogen-bond acceptors (Lipinski definition) is 2. The number of hydrogen-bond donors (Lipinski definition) is 2. The molecule has 0 saturated heterocycles. The van der Waals surface area contributed by atoms with Gasteiger partial charge in [-0.15, -0.1) is 0 Å². The molecule has 0 aliphatic carbocycles. The number of nitrogens with zero attached hydrogens (tertiary/aromatic N) is 1. The maximum absolute atomic E-state index is 13.3. The summed E-state index contributed by atoms with van der Waals surface area (Å²) in [7, 11) is 1.70. The van der Waals surface area contributed by atoms with Crippen LogP contribution >= 0.6 is 0 Å². The first-order valence-corrected chi connectivity index (χ1v) is 8.74. The lowest BCUT2D eigenvalue weighted by Gasteiger charge is -2.18. The van der Waals surface area contributed by atoms with Crippen molar-refractivity contribution in [2.75, 3.05) is 17.7 Å². The number of benzene rings is 3. The van der Waals surface area contributed by atoms with Gasteiger partial charge in [-0.05, 0) is 42.0 Å². The van der Waals surface area contributed by atoms with Crippen LogP contribution in [0.5, 0.6) is 0 Å². The van der Waals surface area contributed by atoms with Gasteiger partial charge in [-0.25, -0.2) is 9.18 Å². The predicted molar refractivity (Wildman–Crippen MR) is 108 cm³/mol. The lowest BCUT2D eigenvalue weighted by atomic mass is 10.2. The third kappa shape index (κ3) is 5.17. The van der Waals surface area contributed by atoms with Crippen molar-refractivity contribution < 1.29 is 14.0 Å². The largest absolute Gasteiger partial charge is 0.323 e. The fourth-order valence-corrected chi connectivity index (χ4v) is 2.66. The zero-order valence-corrected chi connectivity index (χ0v) is 15.4. The first kappa shape index (κ1) is 19.1. The zero-order valence-electron chi connectivity index (χ0n) is 15.4. The van der Waals surface area contributed by atoms with E-state index in [1.165, 1.54) is 18.2 Å². The molecular weight excluding hydrogens is 357 g/mol. The third-order valence-electron chi connectivity index (χ3n) is 4.07. The fraction of sp³-hybridized carbons (Fsp3) is 0.0909. The molecular formula is C22H20FN3O2. The number of anilines is 2. The topological polar surface area (TPSA) is 61.4 Å². The summed E-state index contributed by atoms with van der Waals surface area (Å²) in [6, 6.07) is 21.6. The third-order valence-corrected chi connectivity index (χ3v) is 4.07. The summed E-state index contributed by atoms with van der Waals surface area (Å²) in [5.74, 6) is -0.820. The highest BCUT2D eigenvalue weighted by Gasteiger charge is 2.12. The molecule has 5 nitrogen and oxygen atoms in total. The van der Waals surface area contributed by atoms with Gasteiger partial charge in [0.1, 0.15) is 5.82 Å². The summed E-state index contributed by atoms with van der Waals surface area (Å²) < 4.78 is 13.3. The molecule has 0 bridgehead atoms. The lowest BCUT2D eigenvalue weighted by molar-refractivity contribution is 0.102. The van der Waals surface area contributed by atoms with Gasteiger partial charge in [-0.2, -0.15) is 0 Å². The molecule has 142 valence electrons. The number of nitrogens with one attached hydrogen (secondary N) is 2. The van der Waals surface area contributed by atoms with Crippen LogP contribution in [0, 0.1) is 5.82 Å². The summed E-state index contributed by atoms with van der Waals surface area (Å²) in [5.41, 5.74) is 2.23. The Morgan fingerprint density at radius 3 is 2.25 bits per heavy atom. The van der Waals surface area contributed by atoms with E-state index < -0.39 is 5.82 Å². The molecule has 6 heteroatoms. The monoisotopic (exact) mass is 377 g/mol. The molecule has 0 fully saturated rings. The number of amides is 3. The number of carbonyl (C=O) groups is 2. The van der Waals surface area contributed by atoms with Gasteiger partial charge in [0.05, 0.1) is 0 Å². The predicted octanol–water partition coefficient (Wildman–Crippen LogP) is 4.74. The van der Waals surface area contributed by atoms with Gasteiger partial charge < -0.3 is 15.5 Å². The van der Waals surface area contributed by atoms with E-state index in [-0.39, 0.29) is 11.9 Å². The first-order valence-electron chi connectivity index (χ1n) is 8.74. The van der Waals surface area contributed by atoms with Crippen LogP contribution in [0.1, 0.15) is 15.9 Å². The van der Waals surface area contributed by atoms with Crippen molar-refractivity contribution in [2.24, 2.45) is 0 Å². The molecule has 0 atom stereocenters. The lowest BCUT2D eigenvalue weighted by Crippen LogP contribution is -2.30. The van der Waals surface area contributed by atoms with Crippen molar-refractivity contribution in [1.82, 2.24) is 4.90 Å². The van der Waals surface area contributed by atoms with Crippen LogP contribution in [0.25, 0.3) is 0 Å². The molecule has 3 aromatic rings. The van der Waals surface area contributed by atoms with Crippen molar-refractivity contribution in [3.63, 3.8) is 0 Å². The van der Waals surface area contributed by atoms with E-state index in [1.54, 1.807) is 42.3 Å². The highest BCUT2D eigenvalue weighted by Crippen LogP contribution is 2.15. The highest BCUT2D eigenvalue weighted by molar-refractivity contribution is 6.05. The van der Waals surface area contributed by atoms with E-state index in [2.05, 4.69) is 10.6 Å². The Kier molecular flexibility index (Phi) is 6.01. The van der Waals surface area contributed by atoms with Crippen LogP contribution in [0.2, 0.25) is 0 Å². The minimum absolute atomic E-state index is 0.286. The molecule has 0 radical (unpaired) electrons. The van der Waals surface area contributed by atoms with Crippen LogP contribution in [-0.4, -0.2) is 23.9 Å². The molecule has 0 spiro atoms. The van der Waals surface area contributed by atoms with Gasteiger partial charge in [-0.3, -0.25) is 4.79 Å². The van der Waals surface area contributed by atoms with Crippen molar-refractivity contribution in [3.8, 4) is 0 Å². The molecule has 0 aliphatic rings. The van der Waals surface area contributed by atoms with E-state index in [4.69, 9.17) is 0 Å². The molecule has 3 rings (SSSR count). The summed E-state index contributed by atoms with van der Waals surface area (Å²) in [5, 5.41) is 5.41. The van der Waals surface area contributed by atoms with Crippen LogP contribution in [0.4, 0.5) is 20.6 Å². The average Bonchev–Trinajstić information content (AvgIpc) is 2.69. The Morgan fingerprint density at radius 1 is 0.857 bits per heavy atom. The SMILES string of the molecule is CN(Cc1ccccc1)C(=O)Nc1cccc(C(=O)Nc2cccc(F)c2)c1. The van der Waals surface area contributed by atoms with Crippen LogP contribution in [0.3, 0.4) is 0 Å². The van der Waals surface area contributed by atoms with Gasteiger partial charge in [-0.1, -0.05) is 42.5 Å². The van der Waals surface area contributed by atoms with E-state index in [1.807, 2.05) is 30.3 Å². The highest BCUT2D eigenvalue weighted by atomic mass is 19.1. The molecule has 0 aromatic heterocycles. The van der Waals surface area contributed by atoms with Gasteiger partial charge in [0.25, 0.3) is 5.91 Å². The number of carbonyl (C=O) groups excluding carboxylic acids is 2. The normalized spacial score (nSPS) is 10.2. The Balaban J connectivity index is 1.64. The Labute approximate surface area is 162 Å². The summed E-state index contributed by atoms with van der Waals surface area (Å²) in [6.07, 6.45) is 0. The Morgan fingerprint density at radius 2 is 1.54 bits per heavy atom. The quantitative estimate of drug-likeness (QED) is 0.674.